The molecule has 106 valence electrons. The van der Waals surface area contributed by atoms with Gasteiger partial charge in [-0.2, -0.15) is 0 Å². The minimum Gasteiger partial charge on any atom is -0.508 e. The maximum absolute atomic E-state index is 9.91. The predicted molar refractivity (Wildman–Crippen MR) is 79.9 cm³/mol. The molecule has 2 rings (SSSR count). The van der Waals surface area contributed by atoms with E-state index in [1.165, 1.54) is 0 Å². The van der Waals surface area contributed by atoms with E-state index in [1.807, 2.05) is 30.3 Å². The zero-order valence-corrected chi connectivity index (χ0v) is 12.1. The van der Waals surface area contributed by atoms with Crippen LogP contribution in [0.2, 0.25) is 0 Å². The first kappa shape index (κ1) is 14.3. The van der Waals surface area contributed by atoms with Crippen LogP contribution in [0.5, 0.6) is 11.6 Å². The van der Waals surface area contributed by atoms with Crippen LogP contribution in [0.1, 0.15) is 19.4 Å². The maximum atomic E-state index is 9.91. The van der Waals surface area contributed by atoms with Crippen LogP contribution >= 0.6 is 0 Å². The molecule has 0 fully saturated rings. The number of aromatic hydroxyl groups is 1. The van der Waals surface area contributed by atoms with Gasteiger partial charge in [0.05, 0.1) is 12.8 Å². The molecule has 2 N–H and O–H groups in total. The number of pyridine rings is 1. The number of nitrogens with zero attached hydrogens (tertiary/aromatic N) is 1. The minimum absolute atomic E-state index is 0.296. The summed E-state index contributed by atoms with van der Waals surface area (Å²) >= 11 is 0. The van der Waals surface area contributed by atoms with Crippen LogP contribution in [0.4, 0.5) is 0 Å². The third-order valence-electron chi connectivity index (χ3n) is 3.01. The normalized spacial score (nSPS) is 10.8. The molecule has 20 heavy (non-hydrogen) atoms. The van der Waals surface area contributed by atoms with E-state index < -0.39 is 0 Å². The molecular weight excluding hydrogens is 252 g/mol. The van der Waals surface area contributed by atoms with Crippen molar-refractivity contribution in [1.82, 2.24) is 10.3 Å². The molecule has 4 heteroatoms. The number of benzene rings is 1. The Morgan fingerprint density at radius 3 is 2.75 bits per heavy atom. The Kier molecular flexibility index (Phi) is 4.58. The van der Waals surface area contributed by atoms with Crippen molar-refractivity contribution in [2.45, 2.75) is 26.4 Å². The summed E-state index contributed by atoms with van der Waals surface area (Å²) in [6, 6.07) is 11.5. The van der Waals surface area contributed by atoms with E-state index in [2.05, 4.69) is 24.1 Å². The van der Waals surface area contributed by atoms with Crippen LogP contribution < -0.4 is 10.1 Å². The molecule has 0 bridgehead atoms. The van der Waals surface area contributed by atoms with Crippen molar-refractivity contribution in [2.24, 2.45) is 0 Å². The zero-order chi connectivity index (χ0) is 14.5. The number of hydrogen-bond acceptors (Lipinski definition) is 4. The second kappa shape index (κ2) is 6.39. The van der Waals surface area contributed by atoms with Gasteiger partial charge in [-0.05, 0) is 24.3 Å². The first-order chi connectivity index (χ1) is 9.60. The second-order valence-electron chi connectivity index (χ2n) is 4.94. The lowest BCUT2D eigenvalue weighted by molar-refractivity contribution is 0.398. The summed E-state index contributed by atoms with van der Waals surface area (Å²) in [5.41, 5.74) is 2.65. The largest absolute Gasteiger partial charge is 0.508 e. The van der Waals surface area contributed by atoms with E-state index in [1.54, 1.807) is 13.2 Å². The van der Waals surface area contributed by atoms with Gasteiger partial charge in [-0.3, -0.25) is 0 Å². The van der Waals surface area contributed by atoms with E-state index in [9.17, 15) is 5.11 Å². The van der Waals surface area contributed by atoms with Crippen molar-refractivity contribution in [3.05, 3.63) is 42.0 Å². The molecule has 1 aromatic heterocycles. The van der Waals surface area contributed by atoms with Crippen LogP contribution in [0.3, 0.4) is 0 Å². The third-order valence-corrected chi connectivity index (χ3v) is 3.01. The summed E-state index contributed by atoms with van der Waals surface area (Å²) < 4.78 is 5.14. The van der Waals surface area contributed by atoms with Gasteiger partial charge in [-0.1, -0.05) is 19.9 Å². The number of rotatable bonds is 5. The molecular formula is C16H20N2O2. The van der Waals surface area contributed by atoms with Gasteiger partial charge in [0.2, 0.25) is 5.88 Å². The van der Waals surface area contributed by atoms with Gasteiger partial charge in [0.25, 0.3) is 0 Å². The monoisotopic (exact) mass is 272 g/mol. The van der Waals surface area contributed by atoms with Crippen molar-refractivity contribution in [3.8, 4) is 22.9 Å². The Labute approximate surface area is 119 Å². The molecule has 1 aromatic carbocycles. The first-order valence-electron chi connectivity index (χ1n) is 6.67. The average molecular weight is 272 g/mol. The lowest BCUT2D eigenvalue weighted by Gasteiger charge is -2.11. The van der Waals surface area contributed by atoms with Crippen LogP contribution in [0.15, 0.2) is 36.4 Å². The van der Waals surface area contributed by atoms with Crippen molar-refractivity contribution >= 4 is 0 Å². The van der Waals surface area contributed by atoms with Crippen molar-refractivity contribution in [2.75, 3.05) is 7.11 Å². The van der Waals surface area contributed by atoms with Gasteiger partial charge in [-0.25, -0.2) is 4.98 Å². The summed E-state index contributed by atoms with van der Waals surface area (Å²) in [6.07, 6.45) is 0. The summed E-state index contributed by atoms with van der Waals surface area (Å²) in [6.45, 7) is 4.77. The molecule has 0 saturated carbocycles. The number of aromatic nitrogens is 1. The molecule has 0 aliphatic carbocycles. The van der Waals surface area contributed by atoms with E-state index >= 15 is 0 Å². The summed E-state index contributed by atoms with van der Waals surface area (Å²) in [5, 5.41) is 13.2. The molecule has 0 aliphatic heterocycles. The fourth-order valence-corrected chi connectivity index (χ4v) is 1.89. The predicted octanol–water partition coefficient (Wildman–Crippen LogP) is 2.96. The van der Waals surface area contributed by atoms with Gasteiger partial charge < -0.3 is 15.2 Å². The number of ether oxygens (including phenoxy) is 1. The molecule has 0 atom stereocenters. The fourth-order valence-electron chi connectivity index (χ4n) is 1.89. The highest BCUT2D eigenvalue weighted by atomic mass is 16.5. The zero-order valence-electron chi connectivity index (χ0n) is 12.1. The molecule has 0 spiro atoms. The Balaban J connectivity index is 2.30. The van der Waals surface area contributed by atoms with Crippen LogP contribution in [-0.4, -0.2) is 23.2 Å². The lowest BCUT2D eigenvalue weighted by Crippen LogP contribution is -2.21. The molecule has 0 aliphatic rings. The van der Waals surface area contributed by atoms with Crippen LogP contribution in [-0.2, 0) is 6.54 Å². The fraction of sp³-hybridized carbons (Fsp3) is 0.312. The first-order valence-corrected chi connectivity index (χ1v) is 6.67. The lowest BCUT2D eigenvalue weighted by atomic mass is 10.1. The van der Waals surface area contributed by atoms with Gasteiger partial charge in [0, 0.05) is 29.8 Å². The quantitative estimate of drug-likeness (QED) is 0.878. The maximum Gasteiger partial charge on any atom is 0.213 e. The van der Waals surface area contributed by atoms with Crippen molar-refractivity contribution in [3.63, 3.8) is 0 Å². The van der Waals surface area contributed by atoms with Crippen molar-refractivity contribution < 1.29 is 9.84 Å². The van der Waals surface area contributed by atoms with Crippen LogP contribution in [0.25, 0.3) is 11.3 Å². The molecule has 0 radical (unpaired) electrons. The van der Waals surface area contributed by atoms with E-state index in [4.69, 9.17) is 4.74 Å². The Bertz CT molecular complexity index is 582. The van der Waals surface area contributed by atoms with Crippen LogP contribution in [0, 0.1) is 0 Å². The molecule has 0 unspecified atom stereocenters. The number of phenols is 1. The van der Waals surface area contributed by atoms with E-state index in [0.29, 0.717) is 24.2 Å². The highest BCUT2D eigenvalue weighted by molar-refractivity contribution is 5.62. The molecule has 4 nitrogen and oxygen atoms in total. The number of methoxy groups -OCH3 is 1. The second-order valence-corrected chi connectivity index (χ2v) is 4.94. The Morgan fingerprint density at radius 2 is 2.05 bits per heavy atom. The summed E-state index contributed by atoms with van der Waals surface area (Å²) in [4.78, 5) is 4.40. The number of nitrogens with one attached hydrogen (secondary N) is 1. The Hall–Kier alpha value is -2.07. The summed E-state index contributed by atoms with van der Waals surface area (Å²) in [7, 11) is 1.60. The minimum atomic E-state index is 0.296. The molecule has 2 aromatic rings. The summed E-state index contributed by atoms with van der Waals surface area (Å²) in [5.74, 6) is 0.877. The third kappa shape index (κ3) is 3.48. The van der Waals surface area contributed by atoms with Gasteiger partial charge in [0.15, 0.2) is 0 Å². The number of hydrogen-bond donors (Lipinski definition) is 2. The molecule has 0 amide bonds. The highest BCUT2D eigenvalue weighted by Gasteiger charge is 2.07. The average Bonchev–Trinajstić information content (AvgIpc) is 2.46. The Morgan fingerprint density at radius 1 is 1.25 bits per heavy atom. The molecule has 0 saturated heterocycles. The van der Waals surface area contributed by atoms with E-state index in [-0.39, 0.29) is 0 Å². The molecule has 1 heterocycles. The standard InChI is InChI=1S/C16H20N2O2/c1-11(2)17-10-13-9-12(7-8-15(13)19)14-5-4-6-16(18-14)20-3/h4-9,11,17,19H,10H2,1-3H3. The smallest absolute Gasteiger partial charge is 0.213 e. The topological polar surface area (TPSA) is 54.4 Å². The van der Waals surface area contributed by atoms with E-state index in [0.717, 1.165) is 16.8 Å². The van der Waals surface area contributed by atoms with Crippen molar-refractivity contribution in [1.29, 1.82) is 0 Å². The van der Waals surface area contributed by atoms with Gasteiger partial charge >= 0.3 is 0 Å². The SMILES string of the molecule is COc1cccc(-c2ccc(O)c(CNC(C)C)c2)n1. The highest BCUT2D eigenvalue weighted by Crippen LogP contribution is 2.26. The van der Waals surface area contributed by atoms with Gasteiger partial charge in [0.1, 0.15) is 5.75 Å². The number of phenolic OH excluding ortho intramolecular Hbond substituents is 1. The van der Waals surface area contributed by atoms with Gasteiger partial charge in [-0.15, -0.1) is 0 Å².